The third-order valence-electron chi connectivity index (χ3n) is 3.53. The predicted molar refractivity (Wildman–Crippen MR) is 105 cm³/mol. The van der Waals surface area contributed by atoms with E-state index in [-0.39, 0.29) is 11.7 Å². The smallest absolute Gasteiger partial charge is 0.250 e. The van der Waals surface area contributed by atoms with Crippen LogP contribution in [0.3, 0.4) is 0 Å². The largest absolute Gasteiger partial charge is 0.489 e. The highest BCUT2D eigenvalue weighted by molar-refractivity contribution is 7.99. The second-order valence-electron chi connectivity index (χ2n) is 5.65. The van der Waals surface area contributed by atoms with Crippen molar-refractivity contribution in [2.75, 3.05) is 5.75 Å². The van der Waals surface area contributed by atoms with E-state index in [4.69, 9.17) is 4.74 Å². The van der Waals surface area contributed by atoms with E-state index in [0.717, 1.165) is 16.9 Å². The molecule has 0 saturated heterocycles. The molecule has 1 aromatic heterocycles. The van der Waals surface area contributed by atoms with E-state index in [0.29, 0.717) is 11.8 Å². The van der Waals surface area contributed by atoms with Crippen LogP contribution in [0.25, 0.3) is 0 Å². The molecule has 138 valence electrons. The molecule has 3 rings (SSSR count). The number of thioether (sulfide) groups is 1. The van der Waals surface area contributed by atoms with Crippen molar-refractivity contribution in [3.63, 3.8) is 0 Å². The molecule has 1 heterocycles. The summed E-state index contributed by atoms with van der Waals surface area (Å²) in [5.41, 5.74) is 4.48. The van der Waals surface area contributed by atoms with Crippen LogP contribution in [-0.4, -0.2) is 32.6 Å². The minimum absolute atomic E-state index is 0.206. The zero-order valence-corrected chi connectivity index (χ0v) is 15.6. The molecule has 0 saturated carbocycles. The van der Waals surface area contributed by atoms with Gasteiger partial charge in [0, 0.05) is 7.05 Å². The normalized spacial score (nSPS) is 10.9. The number of hydrogen-bond acceptors (Lipinski definition) is 6. The first kappa shape index (κ1) is 18.7. The standard InChI is InChI=1S/C19H19N5O2S/c1-24-14-21-23-19(24)27-13-18(25)22-20-11-15-7-9-17(10-8-15)26-12-16-5-3-2-4-6-16/h2-11,14H,12-13H2,1H3,(H,22,25). The molecule has 2 aromatic carbocycles. The highest BCUT2D eigenvalue weighted by atomic mass is 32.2. The van der Waals surface area contributed by atoms with E-state index < -0.39 is 0 Å². The van der Waals surface area contributed by atoms with Crippen LogP contribution in [0, 0.1) is 0 Å². The van der Waals surface area contributed by atoms with Gasteiger partial charge in [-0.15, -0.1) is 10.2 Å². The molecule has 3 aromatic rings. The Balaban J connectivity index is 1.42. The molecule has 0 unspecified atom stereocenters. The lowest BCUT2D eigenvalue weighted by atomic mass is 10.2. The minimum Gasteiger partial charge on any atom is -0.489 e. The first-order valence-corrected chi connectivity index (χ1v) is 9.25. The average Bonchev–Trinajstić information content (AvgIpc) is 3.11. The van der Waals surface area contributed by atoms with Crippen molar-refractivity contribution < 1.29 is 9.53 Å². The van der Waals surface area contributed by atoms with Crippen molar-refractivity contribution >= 4 is 23.9 Å². The summed E-state index contributed by atoms with van der Waals surface area (Å²) >= 11 is 1.30. The van der Waals surface area contributed by atoms with Gasteiger partial charge >= 0.3 is 0 Å². The maximum absolute atomic E-state index is 11.8. The van der Waals surface area contributed by atoms with Gasteiger partial charge in [0.1, 0.15) is 18.7 Å². The van der Waals surface area contributed by atoms with Crippen molar-refractivity contribution in [1.82, 2.24) is 20.2 Å². The van der Waals surface area contributed by atoms with Crippen LogP contribution in [0.2, 0.25) is 0 Å². The molecule has 0 atom stereocenters. The number of nitrogens with one attached hydrogen (secondary N) is 1. The molecule has 0 radical (unpaired) electrons. The number of hydrazone groups is 1. The lowest BCUT2D eigenvalue weighted by Crippen LogP contribution is -2.19. The first-order valence-electron chi connectivity index (χ1n) is 8.26. The van der Waals surface area contributed by atoms with Gasteiger partial charge in [0.05, 0.1) is 12.0 Å². The topological polar surface area (TPSA) is 81.4 Å². The molecule has 1 amide bonds. The number of amides is 1. The van der Waals surface area contributed by atoms with Crippen LogP contribution < -0.4 is 10.2 Å². The third kappa shape index (κ3) is 5.96. The number of carbonyl (C=O) groups is 1. The number of aromatic nitrogens is 3. The molecule has 0 fully saturated rings. The molecular weight excluding hydrogens is 362 g/mol. The Hall–Kier alpha value is -3.13. The van der Waals surface area contributed by atoms with E-state index >= 15 is 0 Å². The fourth-order valence-corrected chi connectivity index (χ4v) is 2.82. The Morgan fingerprint density at radius 1 is 1.22 bits per heavy atom. The fourth-order valence-electron chi connectivity index (χ4n) is 2.14. The van der Waals surface area contributed by atoms with Crippen LogP contribution in [0.4, 0.5) is 0 Å². The van der Waals surface area contributed by atoms with Crippen molar-refractivity contribution in [2.24, 2.45) is 12.1 Å². The number of rotatable bonds is 8. The van der Waals surface area contributed by atoms with E-state index in [2.05, 4.69) is 20.7 Å². The molecule has 0 spiro atoms. The summed E-state index contributed by atoms with van der Waals surface area (Å²) in [4.78, 5) is 11.8. The third-order valence-corrected chi connectivity index (χ3v) is 4.57. The summed E-state index contributed by atoms with van der Waals surface area (Å²) in [6.45, 7) is 0.521. The second-order valence-corrected chi connectivity index (χ2v) is 6.59. The zero-order valence-electron chi connectivity index (χ0n) is 14.8. The zero-order chi connectivity index (χ0) is 18.9. The maximum atomic E-state index is 11.8. The molecule has 0 aliphatic heterocycles. The van der Waals surface area contributed by atoms with Gasteiger partial charge < -0.3 is 9.30 Å². The molecule has 7 nitrogen and oxygen atoms in total. The molecule has 8 heteroatoms. The first-order chi connectivity index (χ1) is 13.2. The Kier molecular flexibility index (Phi) is 6.59. The number of benzene rings is 2. The second kappa shape index (κ2) is 9.54. The molecule has 0 bridgehead atoms. The van der Waals surface area contributed by atoms with Gasteiger partial charge in [-0.2, -0.15) is 5.10 Å². The summed E-state index contributed by atoms with van der Waals surface area (Å²) in [6.07, 6.45) is 3.18. The lowest BCUT2D eigenvalue weighted by Gasteiger charge is -2.06. The van der Waals surface area contributed by atoms with Gasteiger partial charge in [0.25, 0.3) is 5.91 Å². The highest BCUT2D eigenvalue weighted by Gasteiger charge is 2.05. The minimum atomic E-state index is -0.206. The molecule has 1 N–H and O–H groups in total. The summed E-state index contributed by atoms with van der Waals surface area (Å²) in [5.74, 6) is 0.790. The number of aryl methyl sites for hydroxylation is 1. The van der Waals surface area contributed by atoms with Gasteiger partial charge in [-0.25, -0.2) is 5.43 Å². The molecule has 0 aliphatic rings. The number of hydrogen-bond donors (Lipinski definition) is 1. The summed E-state index contributed by atoms with van der Waals surface area (Å²) < 4.78 is 7.49. The summed E-state index contributed by atoms with van der Waals surface area (Å²) in [5, 5.41) is 12.3. The van der Waals surface area contributed by atoms with Crippen LogP contribution in [-0.2, 0) is 18.4 Å². The van der Waals surface area contributed by atoms with Gasteiger partial charge in [-0.1, -0.05) is 42.1 Å². The quantitative estimate of drug-likeness (QED) is 0.369. The number of carbonyl (C=O) groups excluding carboxylic acids is 1. The Morgan fingerprint density at radius 3 is 2.70 bits per heavy atom. The Bertz CT molecular complexity index is 894. The predicted octanol–water partition coefficient (Wildman–Crippen LogP) is 2.64. The molecule has 27 heavy (non-hydrogen) atoms. The van der Waals surface area contributed by atoms with E-state index in [1.165, 1.54) is 11.8 Å². The van der Waals surface area contributed by atoms with Gasteiger partial charge in [-0.3, -0.25) is 4.79 Å². The monoisotopic (exact) mass is 381 g/mol. The van der Waals surface area contributed by atoms with E-state index in [9.17, 15) is 4.79 Å². The van der Waals surface area contributed by atoms with Crippen LogP contribution in [0.15, 0.2) is 71.2 Å². The van der Waals surface area contributed by atoms with Crippen molar-refractivity contribution in [2.45, 2.75) is 11.8 Å². The highest BCUT2D eigenvalue weighted by Crippen LogP contribution is 2.14. The summed E-state index contributed by atoms with van der Waals surface area (Å²) in [7, 11) is 1.83. The molecule has 0 aliphatic carbocycles. The average molecular weight is 381 g/mol. The van der Waals surface area contributed by atoms with Crippen LogP contribution >= 0.6 is 11.8 Å². The van der Waals surface area contributed by atoms with E-state index in [1.807, 2.05) is 61.6 Å². The van der Waals surface area contributed by atoms with Crippen LogP contribution in [0.1, 0.15) is 11.1 Å². The van der Waals surface area contributed by atoms with Gasteiger partial charge in [0.2, 0.25) is 0 Å². The maximum Gasteiger partial charge on any atom is 0.250 e. The fraction of sp³-hybridized carbons (Fsp3) is 0.158. The molecular formula is C19H19N5O2S. The van der Waals surface area contributed by atoms with Crippen molar-refractivity contribution in [3.8, 4) is 5.75 Å². The number of nitrogens with zero attached hydrogens (tertiary/aromatic N) is 4. The van der Waals surface area contributed by atoms with Gasteiger partial charge in [0.15, 0.2) is 5.16 Å². The van der Waals surface area contributed by atoms with Crippen molar-refractivity contribution in [3.05, 3.63) is 72.1 Å². The van der Waals surface area contributed by atoms with Crippen molar-refractivity contribution in [1.29, 1.82) is 0 Å². The Morgan fingerprint density at radius 2 is 2.00 bits per heavy atom. The number of ether oxygens (including phenoxy) is 1. The van der Waals surface area contributed by atoms with E-state index in [1.54, 1.807) is 17.1 Å². The lowest BCUT2D eigenvalue weighted by molar-refractivity contribution is -0.118. The Labute approximate surface area is 161 Å². The van der Waals surface area contributed by atoms with Gasteiger partial charge in [-0.05, 0) is 35.4 Å². The summed E-state index contributed by atoms with van der Waals surface area (Å²) in [6, 6.07) is 17.5. The SMILES string of the molecule is Cn1cnnc1SCC(=O)NN=Cc1ccc(OCc2ccccc2)cc1. The van der Waals surface area contributed by atoms with Crippen LogP contribution in [0.5, 0.6) is 5.75 Å².